The van der Waals surface area contributed by atoms with Gasteiger partial charge in [0, 0.05) is 41.2 Å². The van der Waals surface area contributed by atoms with Gasteiger partial charge in [-0.2, -0.15) is 0 Å². The summed E-state index contributed by atoms with van der Waals surface area (Å²) in [5, 5.41) is 0. The average molecular weight is 816 g/mol. The van der Waals surface area contributed by atoms with Gasteiger partial charge in [0.1, 0.15) is 41.2 Å². The van der Waals surface area contributed by atoms with Crippen molar-refractivity contribution in [2.24, 2.45) is 0 Å². The third-order valence-corrected chi connectivity index (χ3v) is 10.6. The van der Waals surface area contributed by atoms with Crippen molar-refractivity contribution in [2.45, 2.75) is 55.6 Å². The van der Waals surface area contributed by atoms with Gasteiger partial charge in [-0.3, -0.25) is 0 Å². The molecule has 13 heteroatoms. The molecule has 2 fully saturated rings. The molecule has 4 aromatic rings. The maximum Gasteiger partial charge on any atom is 0.171 e. The summed E-state index contributed by atoms with van der Waals surface area (Å²) in [5.41, 5.74) is 2.42. The second-order valence-electron chi connectivity index (χ2n) is 13.7. The van der Waals surface area contributed by atoms with Crippen molar-refractivity contribution in [1.29, 1.82) is 0 Å². The molecule has 0 radical (unpaired) electrons. The number of anilines is 1. The third-order valence-electron chi connectivity index (χ3n) is 9.95. The van der Waals surface area contributed by atoms with Crippen LogP contribution in [0.15, 0.2) is 103 Å². The highest BCUT2D eigenvalue weighted by atomic mass is 32.0. The van der Waals surface area contributed by atoms with Gasteiger partial charge in [-0.25, -0.2) is 8.59 Å². The van der Waals surface area contributed by atoms with Crippen LogP contribution in [0, 0.1) is 5.82 Å². The number of rotatable bonds is 14. The molecule has 0 amide bonds. The van der Waals surface area contributed by atoms with Crippen molar-refractivity contribution in [2.75, 3.05) is 65.9 Å². The van der Waals surface area contributed by atoms with Crippen molar-refractivity contribution in [3.63, 3.8) is 0 Å². The van der Waals surface area contributed by atoms with E-state index in [1.807, 2.05) is 90.7 Å². The maximum atomic E-state index is 14.6. The van der Waals surface area contributed by atoms with E-state index in [-0.39, 0.29) is 18.5 Å². The Kier molecular flexibility index (Phi) is 15.8. The number of benzene rings is 4. The van der Waals surface area contributed by atoms with Gasteiger partial charge < -0.3 is 37.8 Å². The van der Waals surface area contributed by atoms with Gasteiger partial charge in [0.15, 0.2) is 5.79 Å². The van der Waals surface area contributed by atoms with Crippen LogP contribution in [0.1, 0.15) is 36.5 Å². The van der Waals surface area contributed by atoms with Crippen LogP contribution in [0.4, 0.5) is 14.3 Å². The van der Waals surface area contributed by atoms with Crippen LogP contribution in [0.2, 0.25) is 0 Å². The lowest BCUT2D eigenvalue weighted by Crippen LogP contribution is -2.52. The lowest BCUT2D eigenvalue weighted by atomic mass is 9.80. The van der Waals surface area contributed by atoms with Gasteiger partial charge >= 0.3 is 0 Å². The van der Waals surface area contributed by atoms with E-state index in [0.717, 1.165) is 28.2 Å². The first-order chi connectivity index (χ1) is 26.4. The summed E-state index contributed by atoms with van der Waals surface area (Å²) >= 11 is 0. The third kappa shape index (κ3) is 10.6. The molecule has 0 saturated carbocycles. The molecular weight excluding hydrogens is 761 g/mol. The second kappa shape index (κ2) is 20.1. The van der Waals surface area contributed by atoms with Crippen molar-refractivity contribution >= 4 is 30.7 Å². The minimum atomic E-state index is -1.20. The van der Waals surface area contributed by atoms with Gasteiger partial charge in [0.05, 0.1) is 40.5 Å². The molecule has 0 aromatic heterocycles. The van der Waals surface area contributed by atoms with E-state index in [4.69, 9.17) is 32.9 Å². The Morgan fingerprint density at radius 2 is 1.29 bits per heavy atom. The smallest absolute Gasteiger partial charge is 0.171 e. The fraction of sp³-hybridized carbons (Fsp3) is 0.429. The molecule has 6 atom stereocenters. The summed E-state index contributed by atoms with van der Waals surface area (Å²) in [5.74, 6) is 0.407. The van der Waals surface area contributed by atoms with Crippen molar-refractivity contribution in [3.8, 4) is 11.5 Å². The number of para-hydroxylation sites is 1. The van der Waals surface area contributed by atoms with Crippen molar-refractivity contribution in [1.82, 2.24) is 0 Å². The summed E-state index contributed by atoms with van der Waals surface area (Å²) in [6.07, 6.45) is -0.457. The van der Waals surface area contributed by atoms with E-state index >= 15 is 0 Å². The number of methoxy groups -OCH3 is 3. The molecule has 55 heavy (non-hydrogen) atoms. The Balaban J connectivity index is 0.00000138. The first-order valence-corrected chi connectivity index (χ1v) is 23.7. The number of hydrogen-bond acceptors (Lipinski definition) is 8. The number of piperidine rings is 1. The molecule has 0 aliphatic carbocycles. The molecule has 2 unspecified atom stereocenters. The lowest BCUT2D eigenvalue weighted by Gasteiger charge is -2.44. The zero-order chi connectivity index (χ0) is 39.6. The summed E-state index contributed by atoms with van der Waals surface area (Å²) in [6.45, 7) is 9.10. The highest BCUT2D eigenvalue weighted by Crippen LogP contribution is 2.45. The van der Waals surface area contributed by atoms with Gasteiger partial charge in [-0.1, -0.05) is 75.7 Å². The van der Waals surface area contributed by atoms with Crippen LogP contribution in [0.3, 0.4) is 0 Å². The summed E-state index contributed by atoms with van der Waals surface area (Å²) in [6, 6.07) is 33.1. The molecule has 0 spiro atoms. The quantitative estimate of drug-likeness (QED) is 0.0709. The maximum absolute atomic E-state index is 14.6. The van der Waals surface area contributed by atoms with Crippen LogP contribution in [-0.4, -0.2) is 91.2 Å². The minimum Gasteiger partial charge on any atom is -0.497 e. The molecular formula is C42H54F2NO7P3. The standard InChI is InChI=1S/C41H49FNO7P.CH5FP2/c1-29-38(49-40(46-4)24-26-43(27-25-40)36-15-11-10-14-35(36)42)39(50-51(5)6)37(48-29)28-47-41(30-12-8-7-9-13-30,31-16-20-33(44-2)21-17-31)32-18-22-34(45-3)23-19-32;1-4(2)3/h7-23,29,37-39H,24-28H2,1-6H3;3H2,1H3/t29-,37+,38-,39+;/m0./s1. The van der Waals surface area contributed by atoms with Gasteiger partial charge in [0.2, 0.25) is 0 Å². The zero-order valence-corrected chi connectivity index (χ0v) is 35.6. The number of halogens is 2. The number of nitrogens with zero attached hydrogens (tertiary/aromatic N) is 1. The van der Waals surface area contributed by atoms with E-state index in [0.29, 0.717) is 31.6 Å². The largest absolute Gasteiger partial charge is 0.497 e. The van der Waals surface area contributed by atoms with E-state index in [2.05, 4.69) is 34.4 Å². The average Bonchev–Trinajstić information content (AvgIpc) is 3.47. The fourth-order valence-corrected chi connectivity index (χ4v) is 8.02. The normalized spacial score (nSPS) is 21.5. The summed E-state index contributed by atoms with van der Waals surface area (Å²) in [4.78, 5) is 2.05. The Morgan fingerprint density at radius 3 is 1.78 bits per heavy atom. The van der Waals surface area contributed by atoms with Crippen LogP contribution in [-0.2, 0) is 29.1 Å². The van der Waals surface area contributed by atoms with Crippen molar-refractivity contribution < 1.29 is 41.5 Å². The Bertz CT molecular complexity index is 1700. The van der Waals surface area contributed by atoms with Crippen LogP contribution in [0.25, 0.3) is 0 Å². The SMILES string of the molecule is COc1ccc(C(OC[C@H]2O[C@@H](C)[C@H](OC3(OC)CCN(c4ccccc4F)CC3)[C@@H]2OP(C)C)(c2ccccc2)c2ccc(OC)cc2)cc1.CP(F)P. The van der Waals surface area contributed by atoms with Crippen molar-refractivity contribution in [3.05, 3.63) is 126 Å². The number of ether oxygens (including phenoxy) is 6. The molecule has 2 aliphatic heterocycles. The lowest BCUT2D eigenvalue weighted by molar-refractivity contribution is -0.268. The summed E-state index contributed by atoms with van der Waals surface area (Å²) in [7, 11) is 5.07. The van der Waals surface area contributed by atoms with E-state index < -0.39 is 45.8 Å². The molecule has 0 N–H and O–H groups in total. The van der Waals surface area contributed by atoms with Gasteiger partial charge in [-0.05, 0) is 80.0 Å². The topological polar surface area (TPSA) is 67.9 Å². The van der Waals surface area contributed by atoms with Crippen LogP contribution >= 0.6 is 25.0 Å². The molecule has 8 nitrogen and oxygen atoms in total. The molecule has 6 rings (SSSR count). The van der Waals surface area contributed by atoms with Gasteiger partial charge in [-0.15, -0.1) is 0 Å². The Morgan fingerprint density at radius 1 is 0.782 bits per heavy atom. The zero-order valence-electron chi connectivity index (χ0n) is 32.7. The van der Waals surface area contributed by atoms with Crippen LogP contribution < -0.4 is 14.4 Å². The highest BCUT2D eigenvalue weighted by molar-refractivity contribution is 8.10. The Labute approximate surface area is 329 Å². The van der Waals surface area contributed by atoms with E-state index in [9.17, 15) is 8.59 Å². The van der Waals surface area contributed by atoms with Gasteiger partial charge in [0.25, 0.3) is 0 Å². The van der Waals surface area contributed by atoms with Crippen LogP contribution in [0.5, 0.6) is 11.5 Å². The van der Waals surface area contributed by atoms with E-state index in [1.165, 1.54) is 12.7 Å². The predicted molar refractivity (Wildman–Crippen MR) is 222 cm³/mol. The molecule has 0 bridgehead atoms. The second-order valence-corrected chi connectivity index (χ2v) is 18.8. The molecule has 2 heterocycles. The molecule has 4 aromatic carbocycles. The first kappa shape index (κ1) is 43.4. The monoisotopic (exact) mass is 815 g/mol. The number of hydrogen-bond donors (Lipinski definition) is 0. The minimum absolute atomic E-state index is 0.214. The molecule has 2 aliphatic rings. The molecule has 298 valence electrons. The highest BCUT2D eigenvalue weighted by Gasteiger charge is 2.51. The summed E-state index contributed by atoms with van der Waals surface area (Å²) < 4.78 is 70.3. The fourth-order valence-electron chi connectivity index (χ4n) is 7.27. The first-order valence-electron chi connectivity index (χ1n) is 18.3. The Hall–Kier alpha value is -2.77. The predicted octanol–water partition coefficient (Wildman–Crippen LogP) is 9.78. The molecule has 2 saturated heterocycles. The van der Waals surface area contributed by atoms with E-state index in [1.54, 1.807) is 27.4 Å².